The van der Waals surface area contributed by atoms with Crippen molar-refractivity contribution in [2.45, 2.75) is 6.42 Å². The summed E-state index contributed by atoms with van der Waals surface area (Å²) in [5.41, 5.74) is 0.942. The molecule has 0 saturated carbocycles. The number of hydrogen-bond donors (Lipinski definition) is 0. The second-order valence-electron chi connectivity index (χ2n) is 5.61. The maximum absolute atomic E-state index is 13.1. The molecule has 1 aromatic rings. The van der Waals surface area contributed by atoms with Gasteiger partial charge < -0.3 is 9.64 Å². The summed E-state index contributed by atoms with van der Waals surface area (Å²) in [5.74, 6) is 0.412. The van der Waals surface area contributed by atoms with Crippen LogP contribution in [0, 0.1) is 11.7 Å². The van der Waals surface area contributed by atoms with E-state index < -0.39 is 0 Å². The molecule has 0 radical (unpaired) electrons. The first-order valence-electron chi connectivity index (χ1n) is 7.22. The minimum absolute atomic E-state index is 0.279. The van der Waals surface area contributed by atoms with Crippen molar-refractivity contribution >= 4 is 17.3 Å². The molecule has 20 heavy (non-hydrogen) atoms. The van der Waals surface area contributed by atoms with Crippen molar-refractivity contribution in [2.75, 3.05) is 50.8 Å². The maximum Gasteiger partial charge on any atom is 0.124 e. The van der Waals surface area contributed by atoms with Crippen LogP contribution in [0.5, 0.6) is 0 Å². The molecule has 1 aromatic carbocycles. The molecule has 0 aromatic heterocycles. The fraction of sp³-hybridized carbons (Fsp3) is 0.600. The molecule has 5 heteroatoms. The summed E-state index contributed by atoms with van der Waals surface area (Å²) >= 11 is 6.12. The van der Waals surface area contributed by atoms with Gasteiger partial charge in [0.05, 0.1) is 17.3 Å². The summed E-state index contributed by atoms with van der Waals surface area (Å²) in [5, 5.41) is 0.502. The van der Waals surface area contributed by atoms with Gasteiger partial charge in [0.25, 0.3) is 0 Å². The van der Waals surface area contributed by atoms with Crippen LogP contribution in [0.3, 0.4) is 0 Å². The zero-order chi connectivity index (χ0) is 13.9. The fourth-order valence-corrected chi connectivity index (χ4v) is 3.29. The molecule has 2 saturated heterocycles. The summed E-state index contributed by atoms with van der Waals surface area (Å²) in [6.07, 6.45) is 1.18. The number of halogens is 2. The molecule has 110 valence electrons. The molecular weight excluding hydrogens is 279 g/mol. The van der Waals surface area contributed by atoms with E-state index in [-0.39, 0.29) is 5.82 Å². The van der Waals surface area contributed by atoms with E-state index in [4.69, 9.17) is 16.3 Å². The minimum Gasteiger partial charge on any atom is -0.381 e. The Morgan fingerprint density at radius 1 is 1.25 bits per heavy atom. The lowest BCUT2D eigenvalue weighted by molar-refractivity contribution is 0.164. The van der Waals surface area contributed by atoms with Gasteiger partial charge in [-0.05, 0) is 30.5 Å². The van der Waals surface area contributed by atoms with Crippen LogP contribution in [-0.4, -0.2) is 50.8 Å². The number of anilines is 1. The SMILES string of the molecule is Fc1ccc(N2CCN(CC3CCOC3)CC2)c(Cl)c1. The maximum atomic E-state index is 13.1. The Hall–Kier alpha value is -0.840. The van der Waals surface area contributed by atoms with Gasteiger partial charge in [-0.2, -0.15) is 0 Å². The molecule has 3 rings (SSSR count). The summed E-state index contributed by atoms with van der Waals surface area (Å²) in [4.78, 5) is 4.73. The zero-order valence-electron chi connectivity index (χ0n) is 11.5. The van der Waals surface area contributed by atoms with Crippen LogP contribution in [0.15, 0.2) is 18.2 Å². The lowest BCUT2D eigenvalue weighted by Gasteiger charge is -2.37. The zero-order valence-corrected chi connectivity index (χ0v) is 12.3. The third-order valence-corrected chi connectivity index (χ3v) is 4.47. The second-order valence-corrected chi connectivity index (χ2v) is 6.02. The van der Waals surface area contributed by atoms with Gasteiger partial charge in [0.15, 0.2) is 0 Å². The number of ether oxygens (including phenoxy) is 1. The van der Waals surface area contributed by atoms with Gasteiger partial charge in [-0.1, -0.05) is 11.6 Å². The van der Waals surface area contributed by atoms with Gasteiger partial charge in [0.2, 0.25) is 0 Å². The lowest BCUT2D eigenvalue weighted by atomic mass is 10.1. The molecule has 0 N–H and O–H groups in total. The number of hydrogen-bond acceptors (Lipinski definition) is 3. The summed E-state index contributed by atoms with van der Waals surface area (Å²) in [7, 11) is 0. The molecule has 2 aliphatic heterocycles. The molecule has 2 aliphatic rings. The van der Waals surface area contributed by atoms with Gasteiger partial charge in [-0.3, -0.25) is 4.90 Å². The second kappa shape index (κ2) is 6.29. The van der Waals surface area contributed by atoms with Crippen LogP contribution < -0.4 is 4.90 Å². The monoisotopic (exact) mass is 298 g/mol. The van der Waals surface area contributed by atoms with E-state index in [2.05, 4.69) is 9.80 Å². The highest BCUT2D eigenvalue weighted by molar-refractivity contribution is 6.33. The summed E-state index contributed by atoms with van der Waals surface area (Å²) in [6, 6.07) is 4.64. The van der Waals surface area contributed by atoms with Crippen molar-refractivity contribution in [3.05, 3.63) is 29.0 Å². The molecule has 1 unspecified atom stereocenters. The predicted octanol–water partition coefficient (Wildman–Crippen LogP) is 2.64. The number of piperazine rings is 1. The Labute approximate surface area is 124 Å². The molecule has 0 aliphatic carbocycles. The van der Waals surface area contributed by atoms with Crippen LogP contribution in [0.1, 0.15) is 6.42 Å². The Kier molecular flexibility index (Phi) is 4.44. The largest absolute Gasteiger partial charge is 0.381 e. The Bertz CT molecular complexity index is 457. The van der Waals surface area contributed by atoms with Gasteiger partial charge in [-0.25, -0.2) is 4.39 Å². The molecule has 3 nitrogen and oxygen atoms in total. The van der Waals surface area contributed by atoms with E-state index in [0.29, 0.717) is 10.9 Å². The standard InChI is InChI=1S/C15H20ClFN2O/c16-14-9-13(17)1-2-15(14)19-6-4-18(5-7-19)10-12-3-8-20-11-12/h1-2,9,12H,3-8,10-11H2. The average Bonchev–Trinajstić information content (AvgIpc) is 2.93. The Balaban J connectivity index is 1.55. The smallest absolute Gasteiger partial charge is 0.124 e. The van der Waals surface area contributed by atoms with Crippen molar-refractivity contribution < 1.29 is 9.13 Å². The quantitative estimate of drug-likeness (QED) is 0.853. The third kappa shape index (κ3) is 3.25. The van der Waals surface area contributed by atoms with Crippen molar-refractivity contribution in [3.8, 4) is 0 Å². The minimum atomic E-state index is -0.279. The average molecular weight is 299 g/mol. The van der Waals surface area contributed by atoms with Crippen molar-refractivity contribution in [3.63, 3.8) is 0 Å². The molecule has 0 spiro atoms. The molecule has 0 amide bonds. The molecular formula is C15H20ClFN2O. The normalized spacial score (nSPS) is 24.3. The third-order valence-electron chi connectivity index (χ3n) is 4.16. The van der Waals surface area contributed by atoms with Crippen LogP contribution in [0.2, 0.25) is 5.02 Å². The van der Waals surface area contributed by atoms with Crippen LogP contribution in [-0.2, 0) is 4.74 Å². The van der Waals surface area contributed by atoms with Crippen LogP contribution in [0.25, 0.3) is 0 Å². The Morgan fingerprint density at radius 3 is 2.70 bits per heavy atom. The van der Waals surface area contributed by atoms with E-state index in [1.807, 2.05) is 0 Å². The molecule has 0 bridgehead atoms. The highest BCUT2D eigenvalue weighted by Crippen LogP contribution is 2.27. The summed E-state index contributed by atoms with van der Waals surface area (Å²) < 4.78 is 18.5. The Morgan fingerprint density at radius 2 is 2.05 bits per heavy atom. The number of rotatable bonds is 3. The van der Waals surface area contributed by atoms with Crippen LogP contribution in [0.4, 0.5) is 10.1 Å². The van der Waals surface area contributed by atoms with Crippen molar-refractivity contribution in [1.82, 2.24) is 4.90 Å². The van der Waals surface area contributed by atoms with E-state index in [1.54, 1.807) is 6.07 Å². The topological polar surface area (TPSA) is 15.7 Å². The molecule has 2 fully saturated rings. The first-order valence-corrected chi connectivity index (χ1v) is 7.60. The first-order chi connectivity index (χ1) is 9.72. The van der Waals surface area contributed by atoms with E-state index in [9.17, 15) is 4.39 Å². The van der Waals surface area contributed by atoms with Gasteiger partial charge >= 0.3 is 0 Å². The lowest BCUT2D eigenvalue weighted by Crippen LogP contribution is -2.48. The predicted molar refractivity (Wildman–Crippen MR) is 79.0 cm³/mol. The fourth-order valence-electron chi connectivity index (χ4n) is 3.00. The van der Waals surface area contributed by atoms with Crippen molar-refractivity contribution in [2.24, 2.45) is 5.92 Å². The van der Waals surface area contributed by atoms with Gasteiger partial charge in [0, 0.05) is 39.3 Å². The van der Waals surface area contributed by atoms with E-state index in [0.717, 1.165) is 51.6 Å². The van der Waals surface area contributed by atoms with Crippen LogP contribution >= 0.6 is 11.6 Å². The van der Waals surface area contributed by atoms with Crippen molar-refractivity contribution in [1.29, 1.82) is 0 Å². The number of nitrogens with zero attached hydrogens (tertiary/aromatic N) is 2. The van der Waals surface area contributed by atoms with Gasteiger partial charge in [0.1, 0.15) is 5.82 Å². The van der Waals surface area contributed by atoms with Gasteiger partial charge in [-0.15, -0.1) is 0 Å². The molecule has 1 atom stereocenters. The van der Waals surface area contributed by atoms with E-state index in [1.165, 1.54) is 18.6 Å². The number of benzene rings is 1. The molecule has 2 heterocycles. The van der Waals surface area contributed by atoms with E-state index >= 15 is 0 Å². The first kappa shape index (κ1) is 14.1. The highest BCUT2D eigenvalue weighted by atomic mass is 35.5. The highest BCUT2D eigenvalue weighted by Gasteiger charge is 2.23. The summed E-state index contributed by atoms with van der Waals surface area (Å²) in [6.45, 7) is 6.90.